The van der Waals surface area contributed by atoms with Gasteiger partial charge in [-0.05, 0) is 31.2 Å². The van der Waals surface area contributed by atoms with E-state index >= 15 is 0 Å². The lowest BCUT2D eigenvalue weighted by atomic mass is 9.99. The van der Waals surface area contributed by atoms with Gasteiger partial charge < -0.3 is 15.0 Å². The number of amides is 1. The van der Waals surface area contributed by atoms with E-state index in [0.717, 1.165) is 5.56 Å². The molecule has 4 rings (SSSR count). The number of hydrogen-bond donors (Lipinski definition) is 1. The number of morpholine rings is 1. The zero-order valence-corrected chi connectivity index (χ0v) is 19.3. The second kappa shape index (κ2) is 9.61. The first-order chi connectivity index (χ1) is 15.9. The van der Waals surface area contributed by atoms with Gasteiger partial charge in [0, 0.05) is 49.5 Å². The highest BCUT2D eigenvalue weighted by Crippen LogP contribution is 2.33. The number of nitrogens with one attached hydrogen (secondary N) is 1. The summed E-state index contributed by atoms with van der Waals surface area (Å²) in [7, 11) is 3.39. The number of rotatable bonds is 4. The van der Waals surface area contributed by atoms with Crippen molar-refractivity contribution in [3.63, 3.8) is 0 Å². The summed E-state index contributed by atoms with van der Waals surface area (Å²) in [5, 5.41) is 7.14. The summed E-state index contributed by atoms with van der Waals surface area (Å²) in [6.07, 6.45) is 3.47. The predicted octanol–water partition coefficient (Wildman–Crippen LogP) is 3.58. The van der Waals surface area contributed by atoms with Gasteiger partial charge in [0.2, 0.25) is 0 Å². The van der Waals surface area contributed by atoms with Gasteiger partial charge in [-0.2, -0.15) is 5.10 Å². The third kappa shape index (κ3) is 4.70. The van der Waals surface area contributed by atoms with Crippen LogP contribution in [0.5, 0.6) is 0 Å². The Bertz CT molecular complexity index is 1260. The molecule has 0 bridgehead atoms. The Morgan fingerprint density at radius 1 is 1.36 bits per heavy atom. The zero-order valence-electron chi connectivity index (χ0n) is 18.5. The average molecular weight is 468 g/mol. The van der Waals surface area contributed by atoms with Crippen LogP contribution in [-0.2, 0) is 11.8 Å². The largest absolute Gasteiger partial charge is 0.370 e. The van der Waals surface area contributed by atoms with Gasteiger partial charge in [0.1, 0.15) is 17.7 Å². The van der Waals surface area contributed by atoms with Crippen LogP contribution in [0.2, 0.25) is 5.02 Å². The topological polar surface area (TPSA) is 72.3 Å². The van der Waals surface area contributed by atoms with Gasteiger partial charge in [-0.15, -0.1) is 5.92 Å². The molecule has 33 heavy (non-hydrogen) atoms. The van der Waals surface area contributed by atoms with Crippen LogP contribution in [0.4, 0.5) is 10.2 Å². The quantitative estimate of drug-likeness (QED) is 0.594. The maximum absolute atomic E-state index is 14.9. The number of pyridine rings is 1. The highest BCUT2D eigenvalue weighted by molar-refractivity contribution is 6.30. The van der Waals surface area contributed by atoms with Crippen molar-refractivity contribution in [1.82, 2.24) is 20.1 Å². The number of nitrogens with zero attached hydrogens (tertiary/aromatic N) is 4. The molecule has 1 saturated heterocycles. The molecule has 1 fully saturated rings. The SMILES string of the molecule is CC#Cc1c(C(=O)NC)cc(N2CCOC(c3cnn(C)c3)C2)nc1-c1ccc(Cl)cc1F. The van der Waals surface area contributed by atoms with Crippen molar-refractivity contribution in [3.8, 4) is 23.1 Å². The average Bonchev–Trinajstić information content (AvgIpc) is 3.25. The summed E-state index contributed by atoms with van der Waals surface area (Å²) in [6.45, 7) is 3.20. The summed E-state index contributed by atoms with van der Waals surface area (Å²) >= 11 is 5.96. The van der Waals surface area contributed by atoms with E-state index in [0.29, 0.717) is 42.3 Å². The summed E-state index contributed by atoms with van der Waals surface area (Å²) in [4.78, 5) is 19.6. The Balaban J connectivity index is 1.84. The Kier molecular flexibility index (Phi) is 6.63. The Hall–Kier alpha value is -3.41. The van der Waals surface area contributed by atoms with Gasteiger partial charge in [0.15, 0.2) is 0 Å². The molecule has 1 aromatic carbocycles. The summed E-state index contributed by atoms with van der Waals surface area (Å²) in [5.41, 5.74) is 2.15. The van der Waals surface area contributed by atoms with Crippen LogP contribution in [0, 0.1) is 17.7 Å². The molecule has 1 aliphatic rings. The number of anilines is 1. The lowest BCUT2D eigenvalue weighted by Gasteiger charge is -2.34. The standard InChI is InChI=1S/C24H23ClFN5O2/c1-4-5-17-19(24(32)27-2)11-22(29-23(17)18-7-6-16(25)10-20(18)26)31-8-9-33-21(14-31)15-12-28-30(3)13-15/h6-7,10-13,21H,8-9,14H2,1-3H3,(H,27,32). The number of hydrogen-bond acceptors (Lipinski definition) is 5. The Morgan fingerprint density at radius 3 is 2.85 bits per heavy atom. The van der Waals surface area contributed by atoms with Crippen molar-refractivity contribution in [2.45, 2.75) is 13.0 Å². The fourth-order valence-corrected chi connectivity index (χ4v) is 3.96. The number of benzene rings is 1. The molecule has 3 heterocycles. The lowest BCUT2D eigenvalue weighted by Crippen LogP contribution is -2.39. The van der Waals surface area contributed by atoms with Crippen molar-refractivity contribution in [3.05, 3.63) is 64.2 Å². The van der Waals surface area contributed by atoms with Crippen LogP contribution >= 0.6 is 11.6 Å². The molecule has 1 N–H and O–H groups in total. The second-order valence-corrected chi connectivity index (χ2v) is 8.02. The molecule has 0 radical (unpaired) electrons. The van der Waals surface area contributed by atoms with Crippen LogP contribution < -0.4 is 10.2 Å². The van der Waals surface area contributed by atoms with Gasteiger partial charge >= 0.3 is 0 Å². The minimum absolute atomic E-state index is 0.205. The second-order valence-electron chi connectivity index (χ2n) is 7.58. The molecule has 3 aromatic rings. The lowest BCUT2D eigenvalue weighted by molar-refractivity contribution is 0.0395. The first kappa shape index (κ1) is 22.8. The number of carbonyl (C=O) groups is 1. The van der Waals surface area contributed by atoms with Crippen molar-refractivity contribution in [2.75, 3.05) is 31.6 Å². The van der Waals surface area contributed by atoms with E-state index in [2.05, 4.69) is 22.3 Å². The smallest absolute Gasteiger partial charge is 0.252 e. The van der Waals surface area contributed by atoms with E-state index in [1.54, 1.807) is 43.0 Å². The zero-order chi connectivity index (χ0) is 23.5. The van der Waals surface area contributed by atoms with E-state index in [4.69, 9.17) is 21.3 Å². The van der Waals surface area contributed by atoms with E-state index in [-0.39, 0.29) is 22.6 Å². The Morgan fingerprint density at radius 2 is 2.18 bits per heavy atom. The molecule has 1 atom stereocenters. The first-order valence-corrected chi connectivity index (χ1v) is 10.8. The maximum Gasteiger partial charge on any atom is 0.252 e. The highest BCUT2D eigenvalue weighted by Gasteiger charge is 2.27. The van der Waals surface area contributed by atoms with Crippen molar-refractivity contribution in [2.24, 2.45) is 7.05 Å². The number of aromatic nitrogens is 3. The van der Waals surface area contributed by atoms with Gasteiger partial charge in [-0.1, -0.05) is 17.5 Å². The normalized spacial score (nSPS) is 15.7. The van der Waals surface area contributed by atoms with Crippen LogP contribution in [0.3, 0.4) is 0 Å². The molecule has 1 unspecified atom stereocenters. The monoisotopic (exact) mass is 467 g/mol. The third-order valence-electron chi connectivity index (χ3n) is 5.40. The molecule has 9 heteroatoms. The minimum Gasteiger partial charge on any atom is -0.370 e. The van der Waals surface area contributed by atoms with Crippen LogP contribution in [-0.4, -0.2) is 47.4 Å². The predicted molar refractivity (Wildman–Crippen MR) is 125 cm³/mol. The fraction of sp³-hybridized carbons (Fsp3) is 0.292. The van der Waals surface area contributed by atoms with Crippen molar-refractivity contribution < 1.29 is 13.9 Å². The molecule has 1 amide bonds. The fourth-order valence-electron chi connectivity index (χ4n) is 3.80. The van der Waals surface area contributed by atoms with Crippen LogP contribution in [0.1, 0.15) is 34.5 Å². The maximum atomic E-state index is 14.9. The number of carbonyl (C=O) groups excluding carboxylic acids is 1. The van der Waals surface area contributed by atoms with E-state index in [9.17, 15) is 9.18 Å². The Labute approximate surface area is 196 Å². The number of aryl methyl sites for hydroxylation is 1. The van der Waals surface area contributed by atoms with Gasteiger partial charge in [-0.25, -0.2) is 9.37 Å². The third-order valence-corrected chi connectivity index (χ3v) is 5.64. The van der Waals surface area contributed by atoms with Crippen molar-refractivity contribution >= 4 is 23.3 Å². The number of ether oxygens (including phenoxy) is 1. The molecule has 2 aromatic heterocycles. The molecule has 0 aliphatic carbocycles. The summed E-state index contributed by atoms with van der Waals surface area (Å²) < 4.78 is 22.6. The van der Waals surface area contributed by atoms with Crippen LogP contribution in [0.25, 0.3) is 11.3 Å². The number of halogens is 2. The first-order valence-electron chi connectivity index (χ1n) is 10.4. The molecule has 7 nitrogen and oxygen atoms in total. The molecule has 170 valence electrons. The molecule has 1 aliphatic heterocycles. The van der Waals surface area contributed by atoms with E-state index in [1.165, 1.54) is 6.07 Å². The summed E-state index contributed by atoms with van der Waals surface area (Å²) in [5.74, 6) is 5.43. The van der Waals surface area contributed by atoms with E-state index in [1.807, 2.05) is 18.1 Å². The molecular weight excluding hydrogens is 445 g/mol. The van der Waals surface area contributed by atoms with Gasteiger partial charge in [0.25, 0.3) is 5.91 Å². The highest BCUT2D eigenvalue weighted by atomic mass is 35.5. The minimum atomic E-state index is -0.538. The van der Waals surface area contributed by atoms with Crippen molar-refractivity contribution in [1.29, 1.82) is 0 Å². The van der Waals surface area contributed by atoms with Crippen LogP contribution in [0.15, 0.2) is 36.7 Å². The molecular formula is C24H23ClFN5O2. The molecule has 0 saturated carbocycles. The summed E-state index contributed by atoms with van der Waals surface area (Å²) in [6, 6.07) is 6.06. The van der Waals surface area contributed by atoms with E-state index < -0.39 is 5.82 Å². The van der Waals surface area contributed by atoms with Gasteiger partial charge in [-0.3, -0.25) is 9.48 Å². The molecule has 0 spiro atoms. The van der Waals surface area contributed by atoms with Gasteiger partial charge in [0.05, 0.1) is 29.6 Å².